The first-order chi connectivity index (χ1) is 11.0. The fourth-order valence-electron chi connectivity index (χ4n) is 2.18. The molecule has 2 aromatic rings. The molecule has 7 heteroatoms. The van der Waals surface area contributed by atoms with Crippen molar-refractivity contribution in [1.82, 2.24) is 9.97 Å². The van der Waals surface area contributed by atoms with Crippen molar-refractivity contribution in [2.24, 2.45) is 0 Å². The number of nitrogens with one attached hydrogen (secondary N) is 2. The van der Waals surface area contributed by atoms with Crippen LogP contribution in [0.25, 0.3) is 0 Å². The van der Waals surface area contributed by atoms with E-state index >= 15 is 0 Å². The third-order valence-corrected chi connectivity index (χ3v) is 4.57. The van der Waals surface area contributed by atoms with Gasteiger partial charge in [0, 0.05) is 21.6 Å². The first-order valence-electron chi connectivity index (χ1n) is 7.53. The minimum Gasteiger partial charge on any atom is -0.394 e. The van der Waals surface area contributed by atoms with Crippen LogP contribution >= 0.6 is 34.2 Å². The molecule has 1 saturated carbocycles. The van der Waals surface area contributed by atoms with Crippen molar-refractivity contribution in [3.8, 4) is 0 Å². The molecule has 0 bridgehead atoms. The lowest BCUT2D eigenvalue weighted by molar-refractivity contribution is 0.281. The van der Waals surface area contributed by atoms with Crippen LogP contribution in [0, 0.1) is 3.57 Å². The highest BCUT2D eigenvalue weighted by molar-refractivity contribution is 14.1. The zero-order valence-corrected chi connectivity index (χ0v) is 15.6. The summed E-state index contributed by atoms with van der Waals surface area (Å²) in [5, 5.41) is 16.2. The molecule has 1 aliphatic carbocycles. The van der Waals surface area contributed by atoms with E-state index in [0.717, 1.165) is 27.8 Å². The molecule has 0 spiro atoms. The molecule has 3 N–H and O–H groups in total. The maximum Gasteiger partial charge on any atom is 0.225 e. The summed E-state index contributed by atoms with van der Waals surface area (Å²) >= 11 is 8.51. The lowest BCUT2D eigenvalue weighted by Gasteiger charge is -2.14. The van der Waals surface area contributed by atoms with Crippen LogP contribution in [-0.2, 0) is 0 Å². The summed E-state index contributed by atoms with van der Waals surface area (Å²) in [6, 6.07) is 7.71. The summed E-state index contributed by atoms with van der Waals surface area (Å²) in [5.74, 6) is 1.74. The summed E-state index contributed by atoms with van der Waals surface area (Å²) in [4.78, 5) is 9.04. The van der Waals surface area contributed by atoms with Crippen LogP contribution in [0.2, 0.25) is 5.02 Å². The van der Waals surface area contributed by atoms with E-state index in [1.54, 1.807) is 0 Å². The van der Waals surface area contributed by atoms with Crippen molar-refractivity contribution in [2.45, 2.75) is 31.7 Å². The van der Waals surface area contributed by atoms with Gasteiger partial charge in [0.25, 0.3) is 0 Å². The van der Waals surface area contributed by atoms with Gasteiger partial charge in [0.2, 0.25) is 5.95 Å². The van der Waals surface area contributed by atoms with Crippen LogP contribution in [-0.4, -0.2) is 27.7 Å². The number of halogens is 2. The van der Waals surface area contributed by atoms with E-state index in [2.05, 4.69) is 43.2 Å². The van der Waals surface area contributed by atoms with Gasteiger partial charge >= 0.3 is 0 Å². The molecule has 0 aliphatic heterocycles. The maximum atomic E-state index is 9.20. The molecular formula is C16H18ClIN4O. The van der Waals surface area contributed by atoms with E-state index in [9.17, 15) is 5.11 Å². The fourth-order valence-corrected chi connectivity index (χ4v) is 3.08. The average molecular weight is 445 g/mol. The van der Waals surface area contributed by atoms with Crippen molar-refractivity contribution in [3.63, 3.8) is 0 Å². The Hall–Kier alpha value is -1.12. The van der Waals surface area contributed by atoms with E-state index in [0.29, 0.717) is 22.7 Å². The Balaban J connectivity index is 1.87. The molecule has 0 saturated heterocycles. The van der Waals surface area contributed by atoms with Gasteiger partial charge in [0.15, 0.2) is 0 Å². The van der Waals surface area contributed by atoms with E-state index in [-0.39, 0.29) is 12.6 Å². The lowest BCUT2D eigenvalue weighted by Crippen LogP contribution is -2.21. The number of aromatic nitrogens is 2. The highest BCUT2D eigenvalue weighted by Crippen LogP contribution is 2.40. The van der Waals surface area contributed by atoms with Gasteiger partial charge in [-0.25, -0.2) is 4.98 Å². The van der Waals surface area contributed by atoms with Crippen molar-refractivity contribution >= 4 is 51.6 Å². The van der Waals surface area contributed by atoms with Crippen LogP contribution in [0.3, 0.4) is 0 Å². The van der Waals surface area contributed by atoms with Crippen LogP contribution < -0.4 is 10.6 Å². The minimum atomic E-state index is -0.0980. The second-order valence-electron chi connectivity index (χ2n) is 5.75. The van der Waals surface area contributed by atoms with E-state index < -0.39 is 0 Å². The number of aliphatic hydroxyl groups excluding tert-OH is 1. The topological polar surface area (TPSA) is 70.1 Å². The predicted molar refractivity (Wildman–Crippen MR) is 102 cm³/mol. The molecular weight excluding hydrogens is 427 g/mol. The van der Waals surface area contributed by atoms with Crippen LogP contribution in [0.1, 0.15) is 31.4 Å². The Bertz CT molecular complexity index is 708. The molecule has 0 unspecified atom stereocenters. The molecule has 1 aromatic carbocycles. The SMILES string of the molecule is C[C@@H](CO)Nc1nc(Nc2ccc(I)cc2Cl)cc(C2CC2)n1. The van der Waals surface area contributed by atoms with Gasteiger partial charge in [-0.1, -0.05) is 11.6 Å². The predicted octanol–water partition coefficient (Wildman–Crippen LogP) is 4.15. The van der Waals surface area contributed by atoms with Gasteiger partial charge in [0.05, 0.1) is 23.0 Å². The normalized spacial score (nSPS) is 15.3. The third-order valence-electron chi connectivity index (χ3n) is 3.58. The van der Waals surface area contributed by atoms with Crippen molar-refractivity contribution in [1.29, 1.82) is 0 Å². The van der Waals surface area contributed by atoms with Crippen LogP contribution in [0.5, 0.6) is 0 Å². The molecule has 1 aliphatic rings. The standard InChI is InChI=1S/C16H18ClIN4O/c1-9(8-23)19-16-21-14(10-2-3-10)7-15(22-16)20-13-5-4-11(18)6-12(13)17/h4-7,9-10,23H,2-3,8H2,1H3,(H2,19,20,21,22)/t9-/m0/s1. The molecule has 3 rings (SSSR count). The Kier molecular flexibility index (Phi) is 5.23. The van der Waals surface area contributed by atoms with Crippen molar-refractivity contribution < 1.29 is 5.11 Å². The highest BCUT2D eigenvalue weighted by atomic mass is 127. The maximum absolute atomic E-state index is 9.20. The number of aliphatic hydroxyl groups is 1. The van der Waals surface area contributed by atoms with Gasteiger partial charge in [0.1, 0.15) is 5.82 Å². The summed E-state index contributed by atoms with van der Waals surface area (Å²) < 4.78 is 1.08. The fraction of sp³-hybridized carbons (Fsp3) is 0.375. The molecule has 0 amide bonds. The van der Waals surface area contributed by atoms with Crippen molar-refractivity contribution in [2.75, 3.05) is 17.2 Å². The molecule has 1 atom stereocenters. The second-order valence-corrected chi connectivity index (χ2v) is 7.41. The van der Waals surface area contributed by atoms with Gasteiger partial charge in [-0.05, 0) is 60.6 Å². The Morgan fingerprint density at radius 2 is 2.13 bits per heavy atom. The number of anilines is 3. The molecule has 0 radical (unpaired) electrons. The molecule has 1 fully saturated rings. The Morgan fingerprint density at radius 1 is 1.35 bits per heavy atom. The smallest absolute Gasteiger partial charge is 0.225 e. The number of nitrogens with zero attached hydrogens (tertiary/aromatic N) is 2. The highest BCUT2D eigenvalue weighted by Gasteiger charge is 2.26. The number of hydrogen-bond donors (Lipinski definition) is 3. The molecule has 1 heterocycles. The average Bonchev–Trinajstić information content (AvgIpc) is 3.34. The largest absolute Gasteiger partial charge is 0.394 e. The zero-order chi connectivity index (χ0) is 16.4. The minimum absolute atomic E-state index is 0.0305. The van der Waals surface area contributed by atoms with E-state index in [4.69, 9.17) is 11.6 Å². The first-order valence-corrected chi connectivity index (χ1v) is 8.99. The van der Waals surface area contributed by atoms with E-state index in [1.165, 1.54) is 0 Å². The molecule has 122 valence electrons. The van der Waals surface area contributed by atoms with Gasteiger partial charge in [-0.2, -0.15) is 4.98 Å². The van der Waals surface area contributed by atoms with Gasteiger partial charge in [-0.15, -0.1) is 0 Å². The van der Waals surface area contributed by atoms with Crippen LogP contribution in [0.15, 0.2) is 24.3 Å². The summed E-state index contributed by atoms with van der Waals surface area (Å²) in [6.07, 6.45) is 2.32. The molecule has 1 aromatic heterocycles. The van der Waals surface area contributed by atoms with Gasteiger partial charge < -0.3 is 15.7 Å². The number of hydrogen-bond acceptors (Lipinski definition) is 5. The van der Waals surface area contributed by atoms with E-state index in [1.807, 2.05) is 31.2 Å². The first kappa shape index (κ1) is 16.7. The summed E-state index contributed by atoms with van der Waals surface area (Å²) in [5.41, 5.74) is 1.84. The zero-order valence-electron chi connectivity index (χ0n) is 12.7. The molecule has 5 nitrogen and oxygen atoms in total. The van der Waals surface area contributed by atoms with Crippen LogP contribution in [0.4, 0.5) is 17.5 Å². The van der Waals surface area contributed by atoms with Crippen molar-refractivity contribution in [3.05, 3.63) is 38.6 Å². The molecule has 23 heavy (non-hydrogen) atoms. The quantitative estimate of drug-likeness (QED) is 0.584. The number of rotatable bonds is 6. The monoisotopic (exact) mass is 444 g/mol. The Labute approximate surface area is 154 Å². The summed E-state index contributed by atoms with van der Waals surface area (Å²) in [6.45, 7) is 1.92. The lowest BCUT2D eigenvalue weighted by atomic mass is 10.2. The van der Waals surface area contributed by atoms with Gasteiger partial charge in [-0.3, -0.25) is 0 Å². The summed E-state index contributed by atoms with van der Waals surface area (Å²) in [7, 11) is 0. The number of benzene rings is 1. The third kappa shape index (κ3) is 4.45. The second kappa shape index (κ2) is 7.19. The Morgan fingerprint density at radius 3 is 2.78 bits per heavy atom.